The van der Waals surface area contributed by atoms with Crippen molar-refractivity contribution >= 4 is 5.91 Å². The molecule has 1 amide bonds. The van der Waals surface area contributed by atoms with Crippen LogP contribution < -0.4 is 10.6 Å². The Morgan fingerprint density at radius 3 is 2.70 bits per heavy atom. The van der Waals surface area contributed by atoms with Gasteiger partial charge in [0, 0.05) is 37.6 Å². The molecule has 114 valence electrons. The van der Waals surface area contributed by atoms with Gasteiger partial charge in [-0.2, -0.15) is 0 Å². The summed E-state index contributed by atoms with van der Waals surface area (Å²) < 4.78 is 6.00. The van der Waals surface area contributed by atoms with Gasteiger partial charge in [0.15, 0.2) is 0 Å². The van der Waals surface area contributed by atoms with E-state index in [1.165, 1.54) is 32.1 Å². The lowest BCUT2D eigenvalue weighted by Crippen LogP contribution is -2.68. The summed E-state index contributed by atoms with van der Waals surface area (Å²) in [6.45, 7) is 5.71. The normalized spacial score (nSPS) is 34.9. The summed E-state index contributed by atoms with van der Waals surface area (Å²) in [4.78, 5) is 11.9. The van der Waals surface area contributed by atoms with Gasteiger partial charge in [0.2, 0.25) is 5.91 Å². The van der Waals surface area contributed by atoms with Gasteiger partial charge in [-0.1, -0.05) is 12.8 Å². The Kier molecular flexibility index (Phi) is 3.57. The topological polar surface area (TPSA) is 50.4 Å². The van der Waals surface area contributed by atoms with Crippen molar-refractivity contribution < 1.29 is 9.53 Å². The zero-order valence-electron chi connectivity index (χ0n) is 13.0. The van der Waals surface area contributed by atoms with E-state index >= 15 is 0 Å². The molecule has 1 heterocycles. The van der Waals surface area contributed by atoms with Gasteiger partial charge in [-0.15, -0.1) is 0 Å². The van der Waals surface area contributed by atoms with Gasteiger partial charge in [-0.25, -0.2) is 0 Å². The molecule has 3 fully saturated rings. The van der Waals surface area contributed by atoms with E-state index < -0.39 is 0 Å². The second-order valence-electron chi connectivity index (χ2n) is 7.51. The number of nitrogens with one attached hydrogen (secondary N) is 2. The third-order valence-electron chi connectivity index (χ3n) is 5.89. The molecule has 1 spiro atoms. The minimum atomic E-state index is -0.348. The predicted molar refractivity (Wildman–Crippen MR) is 78.4 cm³/mol. The van der Waals surface area contributed by atoms with Crippen LogP contribution in [0.3, 0.4) is 0 Å². The van der Waals surface area contributed by atoms with Gasteiger partial charge in [0.1, 0.15) is 0 Å². The molecule has 4 nitrogen and oxygen atoms in total. The fraction of sp³-hybridized carbons (Fsp3) is 0.938. The highest BCUT2D eigenvalue weighted by Gasteiger charge is 2.64. The lowest BCUT2D eigenvalue weighted by molar-refractivity contribution is -0.137. The van der Waals surface area contributed by atoms with E-state index in [1.54, 1.807) is 7.05 Å². The van der Waals surface area contributed by atoms with E-state index in [1.807, 2.05) is 13.8 Å². The first-order valence-electron chi connectivity index (χ1n) is 8.08. The second kappa shape index (κ2) is 4.99. The summed E-state index contributed by atoms with van der Waals surface area (Å²) in [6, 6.07) is 0.557. The minimum Gasteiger partial charge on any atom is -0.377 e. The third-order valence-corrected chi connectivity index (χ3v) is 5.89. The van der Waals surface area contributed by atoms with Crippen molar-refractivity contribution in [2.24, 2.45) is 16.7 Å². The highest BCUT2D eigenvalue weighted by atomic mass is 16.5. The van der Waals surface area contributed by atoms with Crippen molar-refractivity contribution in [1.82, 2.24) is 10.6 Å². The number of amides is 1. The number of rotatable bonds is 4. The molecule has 3 atom stereocenters. The van der Waals surface area contributed by atoms with E-state index in [9.17, 15) is 4.79 Å². The van der Waals surface area contributed by atoms with Crippen LogP contribution in [-0.2, 0) is 9.53 Å². The number of hydrogen-bond donors (Lipinski definition) is 2. The highest BCUT2D eigenvalue weighted by Crippen LogP contribution is 2.60. The Morgan fingerprint density at radius 1 is 1.35 bits per heavy atom. The molecule has 0 bridgehead atoms. The molecular formula is C16H28N2O2. The summed E-state index contributed by atoms with van der Waals surface area (Å²) in [6.07, 6.45) is 6.95. The largest absolute Gasteiger partial charge is 0.377 e. The maximum Gasteiger partial charge on any atom is 0.226 e. The Hall–Kier alpha value is -0.610. The van der Waals surface area contributed by atoms with Gasteiger partial charge < -0.3 is 15.4 Å². The van der Waals surface area contributed by atoms with E-state index in [0.717, 1.165) is 13.2 Å². The molecule has 0 aromatic carbocycles. The molecule has 1 aliphatic heterocycles. The number of hydrogen-bond acceptors (Lipinski definition) is 3. The standard InChI is InChI=1S/C16H28N2O2/c1-15(2,14(19)17-3)10-18-12-11-6-9-20-13(11)16(12)7-4-5-8-16/h11-13,18H,4-10H2,1-3H3,(H,17,19)/t11-,12-,13+/m1/s1. The van der Waals surface area contributed by atoms with Crippen molar-refractivity contribution in [3.63, 3.8) is 0 Å². The zero-order chi connectivity index (χ0) is 14.4. The van der Waals surface area contributed by atoms with Gasteiger partial charge in [0.25, 0.3) is 0 Å². The van der Waals surface area contributed by atoms with Gasteiger partial charge in [-0.3, -0.25) is 4.79 Å². The lowest BCUT2D eigenvalue weighted by atomic mass is 9.54. The van der Waals surface area contributed by atoms with Crippen molar-refractivity contribution in [1.29, 1.82) is 0 Å². The summed E-state index contributed by atoms with van der Waals surface area (Å²) >= 11 is 0. The van der Waals surface area contributed by atoms with E-state index in [2.05, 4.69) is 10.6 Å². The first kappa shape index (κ1) is 14.3. The predicted octanol–water partition coefficient (Wildman–Crippen LogP) is 1.70. The third kappa shape index (κ3) is 2.00. The fourth-order valence-electron chi connectivity index (χ4n) is 4.79. The molecule has 2 aliphatic carbocycles. The maximum absolute atomic E-state index is 11.9. The van der Waals surface area contributed by atoms with E-state index in [-0.39, 0.29) is 11.3 Å². The second-order valence-corrected chi connectivity index (χ2v) is 7.51. The van der Waals surface area contributed by atoms with Crippen molar-refractivity contribution in [2.45, 2.75) is 58.1 Å². The molecule has 0 aromatic heterocycles. The van der Waals surface area contributed by atoms with Crippen LogP contribution in [-0.4, -0.2) is 38.3 Å². The van der Waals surface area contributed by atoms with Crippen molar-refractivity contribution in [3.05, 3.63) is 0 Å². The quantitative estimate of drug-likeness (QED) is 0.824. The van der Waals surface area contributed by atoms with Crippen molar-refractivity contribution in [3.8, 4) is 0 Å². The molecule has 3 aliphatic rings. The average Bonchev–Trinajstić information content (AvgIpc) is 3.04. The van der Waals surface area contributed by atoms with Crippen LogP contribution in [0.4, 0.5) is 0 Å². The van der Waals surface area contributed by atoms with E-state index in [0.29, 0.717) is 23.5 Å². The monoisotopic (exact) mass is 280 g/mol. The van der Waals surface area contributed by atoms with E-state index in [4.69, 9.17) is 4.74 Å². The smallest absolute Gasteiger partial charge is 0.226 e. The van der Waals surface area contributed by atoms with Gasteiger partial charge in [0.05, 0.1) is 11.5 Å². The first-order chi connectivity index (χ1) is 9.51. The molecule has 2 saturated carbocycles. The molecule has 0 radical (unpaired) electrons. The zero-order valence-corrected chi connectivity index (χ0v) is 13.0. The average molecular weight is 280 g/mol. The Balaban J connectivity index is 1.66. The minimum absolute atomic E-state index is 0.115. The number of carbonyl (C=O) groups is 1. The fourth-order valence-corrected chi connectivity index (χ4v) is 4.79. The van der Waals surface area contributed by atoms with Crippen molar-refractivity contribution in [2.75, 3.05) is 20.2 Å². The summed E-state index contributed by atoms with van der Waals surface area (Å²) in [5.74, 6) is 0.789. The molecule has 4 heteroatoms. The Bertz CT molecular complexity index is 388. The van der Waals surface area contributed by atoms with Crippen LogP contribution in [0.1, 0.15) is 46.0 Å². The molecule has 0 aromatic rings. The first-order valence-corrected chi connectivity index (χ1v) is 8.08. The van der Waals surface area contributed by atoms with Gasteiger partial charge in [-0.05, 0) is 33.1 Å². The highest BCUT2D eigenvalue weighted by molar-refractivity contribution is 5.81. The molecule has 2 N–H and O–H groups in total. The Morgan fingerprint density at radius 2 is 2.05 bits per heavy atom. The maximum atomic E-state index is 11.9. The molecule has 3 rings (SSSR count). The van der Waals surface area contributed by atoms with Crippen LogP contribution in [0.5, 0.6) is 0 Å². The summed E-state index contributed by atoms with van der Waals surface area (Å²) in [5, 5.41) is 6.51. The number of ether oxygens (including phenoxy) is 1. The number of fused-ring (bicyclic) bond motifs is 2. The summed E-state index contributed by atoms with van der Waals surface area (Å²) in [5.41, 5.74) is 0.0268. The molecule has 20 heavy (non-hydrogen) atoms. The molecular weight excluding hydrogens is 252 g/mol. The summed E-state index contributed by atoms with van der Waals surface area (Å²) in [7, 11) is 1.72. The number of carbonyl (C=O) groups excluding carboxylic acids is 1. The van der Waals surface area contributed by atoms with Crippen LogP contribution >= 0.6 is 0 Å². The Labute approximate surface area is 122 Å². The van der Waals surface area contributed by atoms with Crippen LogP contribution in [0.2, 0.25) is 0 Å². The van der Waals surface area contributed by atoms with Gasteiger partial charge >= 0.3 is 0 Å². The van der Waals surface area contributed by atoms with Crippen LogP contribution in [0.15, 0.2) is 0 Å². The SMILES string of the molecule is CNC(=O)C(C)(C)CN[C@@H]1[C@H]2CCO[C@@H]2C12CCCC2. The lowest BCUT2D eigenvalue weighted by Gasteiger charge is -2.57. The molecule has 1 saturated heterocycles. The van der Waals surface area contributed by atoms with Crippen LogP contribution in [0.25, 0.3) is 0 Å². The molecule has 0 unspecified atom stereocenters. The van der Waals surface area contributed by atoms with Crippen LogP contribution in [0, 0.1) is 16.7 Å².